The average molecular weight is 318 g/mol. The zero-order chi connectivity index (χ0) is 17.1. The van der Waals surface area contributed by atoms with Gasteiger partial charge in [-0.05, 0) is 54.6 Å². The zero-order valence-corrected chi connectivity index (χ0v) is 14.0. The van der Waals surface area contributed by atoms with Gasteiger partial charge in [-0.15, -0.1) is 0 Å². The molecule has 0 fully saturated rings. The Bertz CT molecular complexity index is 778. The van der Waals surface area contributed by atoms with Crippen LogP contribution in [0.5, 0.6) is 0 Å². The number of nitrogens with two attached hydrogens (primary N) is 2. The van der Waals surface area contributed by atoms with Gasteiger partial charge in [-0.3, -0.25) is 0 Å². The van der Waals surface area contributed by atoms with Crippen LogP contribution in [0, 0.1) is 0 Å². The number of hydrogen-bond donors (Lipinski definition) is 2. The fraction of sp³-hybridized carbons (Fsp3) is 0.100. The van der Waals surface area contributed by atoms with Crippen molar-refractivity contribution in [2.24, 2.45) is 0 Å². The van der Waals surface area contributed by atoms with Crippen molar-refractivity contribution in [1.29, 1.82) is 0 Å². The Balaban J connectivity index is 1.91. The highest BCUT2D eigenvalue weighted by atomic mass is 15.1. The standard InChI is InChI=1S/C20H22N4/c1-23(17-8-3-6-15(21)12-17)19-10-5-11-20(14-19)24(2)18-9-4-7-16(22)13-18/h3-14H,21-22H2,1-2H3. The Kier molecular flexibility index (Phi) is 4.29. The number of nitrogens with zero attached hydrogens (tertiary/aromatic N) is 2. The summed E-state index contributed by atoms with van der Waals surface area (Å²) < 4.78 is 0. The predicted octanol–water partition coefficient (Wildman–Crippen LogP) is 4.39. The molecule has 0 aliphatic heterocycles. The minimum Gasteiger partial charge on any atom is -0.399 e. The summed E-state index contributed by atoms with van der Waals surface area (Å²) in [6.45, 7) is 0. The monoisotopic (exact) mass is 318 g/mol. The molecule has 0 aromatic heterocycles. The molecule has 3 rings (SSSR count). The summed E-state index contributed by atoms with van der Waals surface area (Å²) in [5.74, 6) is 0. The third kappa shape index (κ3) is 3.27. The van der Waals surface area contributed by atoms with Crippen LogP contribution >= 0.6 is 0 Å². The lowest BCUT2D eigenvalue weighted by molar-refractivity contribution is 1.18. The number of hydrogen-bond acceptors (Lipinski definition) is 4. The summed E-state index contributed by atoms with van der Waals surface area (Å²) in [5, 5.41) is 0. The van der Waals surface area contributed by atoms with Gasteiger partial charge < -0.3 is 21.3 Å². The van der Waals surface area contributed by atoms with E-state index < -0.39 is 0 Å². The summed E-state index contributed by atoms with van der Waals surface area (Å²) in [7, 11) is 4.07. The molecule has 122 valence electrons. The Morgan fingerprint density at radius 3 is 1.25 bits per heavy atom. The van der Waals surface area contributed by atoms with Gasteiger partial charge in [-0.2, -0.15) is 0 Å². The predicted molar refractivity (Wildman–Crippen MR) is 104 cm³/mol. The van der Waals surface area contributed by atoms with Gasteiger partial charge in [0.25, 0.3) is 0 Å². The van der Waals surface area contributed by atoms with Crippen LogP contribution in [0.2, 0.25) is 0 Å². The number of rotatable bonds is 4. The third-order valence-electron chi connectivity index (χ3n) is 4.12. The average Bonchev–Trinajstić information content (AvgIpc) is 2.60. The Morgan fingerprint density at radius 2 is 0.875 bits per heavy atom. The number of benzene rings is 3. The topological polar surface area (TPSA) is 58.5 Å². The van der Waals surface area contributed by atoms with Crippen LogP contribution < -0.4 is 21.3 Å². The largest absolute Gasteiger partial charge is 0.399 e. The molecular weight excluding hydrogens is 296 g/mol. The molecule has 0 aliphatic carbocycles. The Hall–Kier alpha value is -3.14. The minimum atomic E-state index is 0.757. The van der Waals surface area contributed by atoms with Crippen LogP contribution in [0.4, 0.5) is 34.1 Å². The molecule has 4 heteroatoms. The molecule has 0 saturated carbocycles. The second kappa shape index (κ2) is 6.54. The SMILES string of the molecule is CN(c1cccc(N)c1)c1cccc(N(C)c2cccc(N)c2)c1. The maximum atomic E-state index is 5.90. The second-order valence-electron chi connectivity index (χ2n) is 5.83. The first-order valence-electron chi connectivity index (χ1n) is 7.83. The highest BCUT2D eigenvalue weighted by Gasteiger charge is 2.08. The summed E-state index contributed by atoms with van der Waals surface area (Å²) in [5.41, 5.74) is 17.6. The van der Waals surface area contributed by atoms with Crippen molar-refractivity contribution < 1.29 is 0 Å². The van der Waals surface area contributed by atoms with Crippen molar-refractivity contribution >= 4 is 34.1 Å². The van der Waals surface area contributed by atoms with Crippen LogP contribution in [-0.4, -0.2) is 14.1 Å². The van der Waals surface area contributed by atoms with Crippen LogP contribution in [0.1, 0.15) is 0 Å². The lowest BCUT2D eigenvalue weighted by atomic mass is 10.2. The van der Waals surface area contributed by atoms with Gasteiger partial charge >= 0.3 is 0 Å². The van der Waals surface area contributed by atoms with Crippen LogP contribution in [-0.2, 0) is 0 Å². The van der Waals surface area contributed by atoms with Crippen LogP contribution in [0.25, 0.3) is 0 Å². The third-order valence-corrected chi connectivity index (χ3v) is 4.12. The number of nitrogen functional groups attached to an aromatic ring is 2. The first kappa shape index (κ1) is 15.7. The molecular formula is C20H22N4. The van der Waals surface area contributed by atoms with Gasteiger partial charge in [-0.1, -0.05) is 18.2 Å². The van der Waals surface area contributed by atoms with E-state index >= 15 is 0 Å². The van der Waals surface area contributed by atoms with Gasteiger partial charge in [-0.25, -0.2) is 0 Å². The van der Waals surface area contributed by atoms with Crippen molar-refractivity contribution in [3.05, 3.63) is 72.8 Å². The van der Waals surface area contributed by atoms with Crippen molar-refractivity contribution in [2.45, 2.75) is 0 Å². The summed E-state index contributed by atoms with van der Waals surface area (Å²) in [6.07, 6.45) is 0. The smallest absolute Gasteiger partial charge is 0.0429 e. The molecule has 0 aliphatic rings. The first-order chi connectivity index (χ1) is 11.5. The molecule has 0 amide bonds. The van der Waals surface area contributed by atoms with E-state index in [2.05, 4.69) is 34.1 Å². The Morgan fingerprint density at radius 1 is 0.542 bits per heavy atom. The van der Waals surface area contributed by atoms with E-state index in [4.69, 9.17) is 11.5 Å². The quantitative estimate of drug-likeness (QED) is 0.701. The molecule has 0 saturated heterocycles. The molecule has 4 N–H and O–H groups in total. The van der Waals surface area contributed by atoms with Gasteiger partial charge in [0.15, 0.2) is 0 Å². The molecule has 0 spiro atoms. The van der Waals surface area contributed by atoms with Crippen molar-refractivity contribution in [3.63, 3.8) is 0 Å². The fourth-order valence-electron chi connectivity index (χ4n) is 2.68. The lowest BCUT2D eigenvalue weighted by Gasteiger charge is -2.24. The van der Waals surface area contributed by atoms with Crippen molar-refractivity contribution in [1.82, 2.24) is 0 Å². The maximum absolute atomic E-state index is 5.90. The normalized spacial score (nSPS) is 10.4. The van der Waals surface area contributed by atoms with Gasteiger partial charge in [0.05, 0.1) is 0 Å². The van der Waals surface area contributed by atoms with E-state index in [1.165, 1.54) is 0 Å². The minimum absolute atomic E-state index is 0.757. The highest BCUT2D eigenvalue weighted by molar-refractivity contribution is 5.72. The van der Waals surface area contributed by atoms with E-state index in [0.717, 1.165) is 34.1 Å². The van der Waals surface area contributed by atoms with E-state index in [-0.39, 0.29) is 0 Å². The van der Waals surface area contributed by atoms with E-state index in [1.54, 1.807) is 0 Å². The molecule has 24 heavy (non-hydrogen) atoms. The van der Waals surface area contributed by atoms with E-state index in [9.17, 15) is 0 Å². The lowest BCUT2D eigenvalue weighted by Crippen LogP contribution is -2.13. The summed E-state index contributed by atoms with van der Waals surface area (Å²) in [4.78, 5) is 4.24. The first-order valence-corrected chi connectivity index (χ1v) is 7.83. The molecule has 0 radical (unpaired) electrons. The van der Waals surface area contributed by atoms with Gasteiger partial charge in [0, 0.05) is 48.2 Å². The van der Waals surface area contributed by atoms with Gasteiger partial charge in [0.1, 0.15) is 0 Å². The molecule has 4 nitrogen and oxygen atoms in total. The molecule has 0 heterocycles. The molecule has 0 atom stereocenters. The maximum Gasteiger partial charge on any atom is 0.0429 e. The second-order valence-corrected chi connectivity index (χ2v) is 5.83. The number of anilines is 6. The molecule has 0 unspecified atom stereocenters. The van der Waals surface area contributed by atoms with E-state index in [0.29, 0.717) is 0 Å². The molecule has 3 aromatic carbocycles. The fourth-order valence-corrected chi connectivity index (χ4v) is 2.68. The molecule has 3 aromatic rings. The van der Waals surface area contributed by atoms with Crippen LogP contribution in [0.15, 0.2) is 72.8 Å². The summed E-state index contributed by atoms with van der Waals surface area (Å²) in [6, 6.07) is 24.1. The highest BCUT2D eigenvalue weighted by Crippen LogP contribution is 2.31. The van der Waals surface area contributed by atoms with E-state index in [1.807, 2.05) is 62.6 Å². The molecule has 0 bridgehead atoms. The van der Waals surface area contributed by atoms with Crippen LogP contribution in [0.3, 0.4) is 0 Å². The summed E-state index contributed by atoms with van der Waals surface area (Å²) >= 11 is 0. The van der Waals surface area contributed by atoms with Crippen molar-refractivity contribution in [3.8, 4) is 0 Å². The van der Waals surface area contributed by atoms with Gasteiger partial charge in [0.2, 0.25) is 0 Å². The van der Waals surface area contributed by atoms with Crippen molar-refractivity contribution in [2.75, 3.05) is 35.4 Å². The zero-order valence-electron chi connectivity index (χ0n) is 14.0. The Labute approximate surface area is 142 Å².